The van der Waals surface area contributed by atoms with Gasteiger partial charge in [0.2, 0.25) is 0 Å². The van der Waals surface area contributed by atoms with Gasteiger partial charge < -0.3 is 4.74 Å². The van der Waals surface area contributed by atoms with Crippen molar-refractivity contribution in [2.24, 2.45) is 0 Å². The molecule has 4 heteroatoms. The second-order valence-electron chi connectivity index (χ2n) is 4.30. The van der Waals surface area contributed by atoms with Crippen LogP contribution in [0.1, 0.15) is 28.4 Å². The molecule has 2 aromatic rings. The van der Waals surface area contributed by atoms with Crippen LogP contribution in [-0.4, -0.2) is 5.78 Å². The number of ether oxygens (including phenoxy) is 1. The van der Waals surface area contributed by atoms with Crippen LogP contribution in [0.2, 0.25) is 0 Å². The minimum absolute atomic E-state index is 0.0452. The van der Waals surface area contributed by atoms with Gasteiger partial charge in [-0.2, -0.15) is 5.26 Å². The van der Waals surface area contributed by atoms with Crippen LogP contribution in [0, 0.1) is 17.1 Å². The Kier molecular flexibility index (Phi) is 4.11. The first-order valence-electron chi connectivity index (χ1n) is 6.02. The van der Waals surface area contributed by atoms with Gasteiger partial charge in [0.15, 0.2) is 5.78 Å². The molecule has 20 heavy (non-hydrogen) atoms. The molecule has 0 aliphatic rings. The molecule has 3 nitrogen and oxygen atoms in total. The summed E-state index contributed by atoms with van der Waals surface area (Å²) >= 11 is 0. The Morgan fingerprint density at radius 2 is 2.10 bits per heavy atom. The molecule has 0 aliphatic carbocycles. The Morgan fingerprint density at radius 3 is 2.75 bits per heavy atom. The lowest BCUT2D eigenvalue weighted by Crippen LogP contribution is -2.00. The highest BCUT2D eigenvalue weighted by Crippen LogP contribution is 2.18. The molecule has 0 radical (unpaired) electrons. The fraction of sp³-hybridized carbons (Fsp3) is 0.125. The topological polar surface area (TPSA) is 50.1 Å². The van der Waals surface area contributed by atoms with E-state index in [9.17, 15) is 9.18 Å². The molecule has 0 aromatic heterocycles. The summed E-state index contributed by atoms with van der Waals surface area (Å²) in [6, 6.07) is 13.2. The zero-order valence-electron chi connectivity index (χ0n) is 10.9. The molecule has 0 atom stereocenters. The van der Waals surface area contributed by atoms with E-state index in [1.54, 1.807) is 24.3 Å². The van der Waals surface area contributed by atoms with Crippen LogP contribution in [-0.2, 0) is 6.61 Å². The second kappa shape index (κ2) is 5.98. The number of benzene rings is 2. The van der Waals surface area contributed by atoms with Crippen molar-refractivity contribution in [3.8, 4) is 11.8 Å². The van der Waals surface area contributed by atoms with Gasteiger partial charge in [0, 0.05) is 6.07 Å². The van der Waals surface area contributed by atoms with E-state index < -0.39 is 5.82 Å². The monoisotopic (exact) mass is 269 g/mol. The van der Waals surface area contributed by atoms with Crippen molar-refractivity contribution in [1.82, 2.24) is 0 Å². The molecule has 2 aromatic carbocycles. The van der Waals surface area contributed by atoms with Crippen LogP contribution in [0.5, 0.6) is 5.75 Å². The molecule has 0 fully saturated rings. The van der Waals surface area contributed by atoms with Gasteiger partial charge in [0.25, 0.3) is 0 Å². The van der Waals surface area contributed by atoms with Gasteiger partial charge in [0.1, 0.15) is 18.2 Å². The summed E-state index contributed by atoms with van der Waals surface area (Å²) in [6.07, 6.45) is 0. The van der Waals surface area contributed by atoms with E-state index in [-0.39, 0.29) is 18.0 Å². The first kappa shape index (κ1) is 13.8. The van der Waals surface area contributed by atoms with E-state index in [1.165, 1.54) is 19.1 Å². The van der Waals surface area contributed by atoms with Gasteiger partial charge in [-0.25, -0.2) is 4.39 Å². The number of hydrogen-bond donors (Lipinski definition) is 0. The normalized spacial score (nSPS) is 9.85. The maximum absolute atomic E-state index is 13.6. The third kappa shape index (κ3) is 3.21. The smallest absolute Gasteiger partial charge is 0.162 e. The molecule has 0 saturated carbocycles. The summed E-state index contributed by atoms with van der Waals surface area (Å²) in [7, 11) is 0. The minimum atomic E-state index is -0.597. The van der Waals surface area contributed by atoms with Crippen LogP contribution >= 0.6 is 0 Å². The lowest BCUT2D eigenvalue weighted by atomic mass is 10.1. The molecule has 0 bridgehead atoms. The quantitative estimate of drug-likeness (QED) is 0.798. The highest BCUT2D eigenvalue weighted by atomic mass is 19.1. The molecule has 0 spiro atoms. The Morgan fingerprint density at radius 1 is 1.30 bits per heavy atom. The zero-order chi connectivity index (χ0) is 14.5. The first-order valence-corrected chi connectivity index (χ1v) is 6.02. The average molecular weight is 269 g/mol. The van der Waals surface area contributed by atoms with E-state index in [0.29, 0.717) is 11.3 Å². The largest absolute Gasteiger partial charge is 0.489 e. The summed E-state index contributed by atoms with van der Waals surface area (Å²) in [4.78, 5) is 11.1. The van der Waals surface area contributed by atoms with Crippen molar-refractivity contribution in [2.45, 2.75) is 13.5 Å². The van der Waals surface area contributed by atoms with Crippen LogP contribution in [0.3, 0.4) is 0 Å². The summed E-state index contributed by atoms with van der Waals surface area (Å²) in [5, 5.41) is 8.79. The Bertz CT molecular complexity index is 689. The molecule has 0 unspecified atom stereocenters. The number of hydrogen-bond acceptors (Lipinski definition) is 3. The number of Topliss-reactive ketones (excluding diaryl/α,β-unsaturated/α-hetero) is 1. The number of halogens is 1. The van der Waals surface area contributed by atoms with Crippen LogP contribution in [0.4, 0.5) is 4.39 Å². The number of nitriles is 1. The van der Waals surface area contributed by atoms with Gasteiger partial charge in [-0.1, -0.05) is 12.1 Å². The highest BCUT2D eigenvalue weighted by Gasteiger charge is 2.08. The van der Waals surface area contributed by atoms with E-state index in [0.717, 1.165) is 5.56 Å². The van der Waals surface area contributed by atoms with Gasteiger partial charge >= 0.3 is 0 Å². The minimum Gasteiger partial charge on any atom is -0.489 e. The van der Waals surface area contributed by atoms with Crippen molar-refractivity contribution < 1.29 is 13.9 Å². The Labute approximate surface area is 116 Å². The third-order valence-electron chi connectivity index (χ3n) is 2.78. The number of nitrogens with zero attached hydrogens (tertiary/aromatic N) is 1. The average Bonchev–Trinajstić information content (AvgIpc) is 2.45. The molecule has 0 N–H and O–H groups in total. The third-order valence-corrected chi connectivity index (χ3v) is 2.78. The maximum atomic E-state index is 13.6. The Hall–Kier alpha value is -2.67. The van der Waals surface area contributed by atoms with Crippen LogP contribution in [0.15, 0.2) is 42.5 Å². The van der Waals surface area contributed by atoms with Gasteiger partial charge in [-0.3, -0.25) is 4.79 Å². The van der Waals surface area contributed by atoms with Crippen molar-refractivity contribution in [1.29, 1.82) is 5.26 Å². The van der Waals surface area contributed by atoms with E-state index in [1.807, 2.05) is 12.1 Å². The molecule has 2 rings (SSSR count). The van der Waals surface area contributed by atoms with Crippen molar-refractivity contribution >= 4 is 5.78 Å². The predicted molar refractivity (Wildman–Crippen MR) is 71.9 cm³/mol. The SMILES string of the molecule is CC(=O)c1ccc(OCc2cccc(C#N)c2)cc1F. The van der Waals surface area contributed by atoms with Gasteiger partial charge in [-0.05, 0) is 36.8 Å². The predicted octanol–water partition coefficient (Wildman–Crippen LogP) is 3.48. The van der Waals surface area contributed by atoms with Gasteiger partial charge in [-0.15, -0.1) is 0 Å². The van der Waals surface area contributed by atoms with E-state index in [4.69, 9.17) is 10.00 Å². The second-order valence-corrected chi connectivity index (χ2v) is 4.30. The van der Waals surface area contributed by atoms with Crippen molar-refractivity contribution in [3.63, 3.8) is 0 Å². The van der Waals surface area contributed by atoms with Gasteiger partial charge in [0.05, 0.1) is 17.2 Å². The fourth-order valence-electron chi connectivity index (χ4n) is 1.77. The molecular formula is C16H12FNO2. The molecule has 100 valence electrons. The van der Waals surface area contributed by atoms with Crippen molar-refractivity contribution in [3.05, 3.63) is 65.0 Å². The molecule has 0 amide bonds. The lowest BCUT2D eigenvalue weighted by Gasteiger charge is -2.07. The summed E-state index contributed by atoms with van der Waals surface area (Å²) in [6.45, 7) is 1.54. The number of ketones is 1. The van der Waals surface area contributed by atoms with Crippen molar-refractivity contribution in [2.75, 3.05) is 0 Å². The lowest BCUT2D eigenvalue weighted by molar-refractivity contribution is 0.101. The first-order chi connectivity index (χ1) is 9.60. The summed E-state index contributed by atoms with van der Waals surface area (Å²) in [5.74, 6) is -0.577. The summed E-state index contributed by atoms with van der Waals surface area (Å²) in [5.41, 5.74) is 1.41. The van der Waals surface area contributed by atoms with E-state index in [2.05, 4.69) is 0 Å². The maximum Gasteiger partial charge on any atom is 0.162 e. The molecule has 0 heterocycles. The molecule has 0 saturated heterocycles. The zero-order valence-corrected chi connectivity index (χ0v) is 10.9. The highest BCUT2D eigenvalue weighted by molar-refractivity contribution is 5.94. The number of carbonyl (C=O) groups excluding carboxylic acids is 1. The summed E-state index contributed by atoms with van der Waals surface area (Å²) < 4.78 is 19.0. The number of carbonyl (C=O) groups is 1. The fourth-order valence-corrected chi connectivity index (χ4v) is 1.77. The van der Waals surface area contributed by atoms with Crippen LogP contribution < -0.4 is 4.74 Å². The van der Waals surface area contributed by atoms with E-state index >= 15 is 0 Å². The Balaban J connectivity index is 2.09. The number of rotatable bonds is 4. The standard InChI is InChI=1S/C16H12FNO2/c1-11(19)15-6-5-14(8-16(15)17)20-10-13-4-2-3-12(7-13)9-18/h2-8H,10H2,1H3. The van der Waals surface area contributed by atoms with Crippen LogP contribution in [0.25, 0.3) is 0 Å². The molecular weight excluding hydrogens is 257 g/mol. The molecule has 0 aliphatic heterocycles.